The highest BCUT2D eigenvalue weighted by Gasteiger charge is 2.70. The van der Waals surface area contributed by atoms with Crippen molar-refractivity contribution in [3.8, 4) is 5.75 Å². The zero-order valence-corrected chi connectivity index (χ0v) is 34.9. The van der Waals surface area contributed by atoms with Crippen LogP contribution in [0.4, 0.5) is 41.7 Å². The molecule has 12 nitrogen and oxygen atoms in total. The van der Waals surface area contributed by atoms with E-state index in [-0.39, 0.29) is 24.4 Å². The summed E-state index contributed by atoms with van der Waals surface area (Å²) in [5.41, 5.74) is 3.66. The lowest BCUT2D eigenvalue weighted by Gasteiger charge is -2.50. The molecule has 0 radical (unpaired) electrons. The Morgan fingerprint density at radius 2 is 1.51 bits per heavy atom. The number of rotatable bonds is 8. The van der Waals surface area contributed by atoms with Gasteiger partial charge in [-0.15, -0.1) is 0 Å². The van der Waals surface area contributed by atoms with Crippen LogP contribution in [0.25, 0.3) is 0 Å². The quantitative estimate of drug-likeness (QED) is 0.0889. The van der Waals surface area contributed by atoms with Crippen molar-refractivity contribution in [3.63, 3.8) is 0 Å². The topological polar surface area (TPSA) is 148 Å². The van der Waals surface area contributed by atoms with E-state index in [0.717, 1.165) is 15.6 Å². The van der Waals surface area contributed by atoms with Gasteiger partial charge in [-0.05, 0) is 109 Å². The molecule has 6 unspecified atom stereocenters. The molecule has 4 aromatic carbocycles. The molecule has 17 heteroatoms. The van der Waals surface area contributed by atoms with E-state index < -0.39 is 75.4 Å². The maximum atomic E-state index is 15.3. The highest BCUT2D eigenvalue weighted by molar-refractivity contribution is 6.33. The minimum atomic E-state index is -4.76. The van der Waals surface area contributed by atoms with Crippen LogP contribution in [0.2, 0.25) is 10.0 Å². The van der Waals surface area contributed by atoms with E-state index in [1.807, 2.05) is 49.3 Å². The molecular formula is C46H36Cl2F3N7O5. The van der Waals surface area contributed by atoms with Gasteiger partial charge in [0.05, 0.1) is 50.8 Å². The molecule has 2 saturated heterocycles. The Bertz CT molecular complexity index is 2750. The molecule has 9 rings (SSSR count). The average molecular weight is 895 g/mol. The van der Waals surface area contributed by atoms with Gasteiger partial charge in [0, 0.05) is 36.9 Å². The number of imide groups is 2. The van der Waals surface area contributed by atoms with E-state index in [4.69, 9.17) is 23.2 Å². The molecule has 4 aliphatic rings. The monoisotopic (exact) mass is 893 g/mol. The fraction of sp³-hybridized carbons (Fsp3) is 0.239. The van der Waals surface area contributed by atoms with E-state index in [1.54, 1.807) is 60.7 Å². The second-order valence-corrected chi connectivity index (χ2v) is 17.0. The molecular weight excluding hydrogens is 858 g/mol. The minimum absolute atomic E-state index is 0.0659. The molecule has 0 spiro atoms. The van der Waals surface area contributed by atoms with E-state index >= 15 is 4.79 Å². The number of fused-ring (bicyclic) bond motifs is 4. The zero-order valence-electron chi connectivity index (χ0n) is 33.4. The van der Waals surface area contributed by atoms with Crippen LogP contribution in [0.15, 0.2) is 131 Å². The lowest BCUT2D eigenvalue weighted by atomic mass is 9.49. The normalized spacial score (nSPS) is 24.4. The molecule has 1 aromatic heterocycles. The number of hydrazine groups is 1. The third-order valence-electron chi connectivity index (χ3n) is 12.5. The van der Waals surface area contributed by atoms with E-state index in [2.05, 4.69) is 20.6 Å². The standard InChI is InChI=1S/C46H36Cl2F3N7O5/c1-56(2)30-14-10-28(11-15-30)53-54-29-12-16-31(17-13-29)57-41(60)34-19-18-33-35(38(34)43(57)62)22-36-42(61)58(55-40-37(48)21-26(23-52-40)46(49,50)51)44(63)45(36,25-6-8-27(47)9-7-25)39(33)24-4-3-5-32(59)20-24/h3-18,20-21,23,34-36,38-39,59H,19,22H2,1-2H3,(H,52,55). The summed E-state index contributed by atoms with van der Waals surface area (Å²) in [4.78, 5) is 66.2. The highest BCUT2D eigenvalue weighted by Crippen LogP contribution is 2.64. The number of amides is 4. The summed E-state index contributed by atoms with van der Waals surface area (Å²) in [5, 5.41) is 20.0. The van der Waals surface area contributed by atoms with E-state index in [9.17, 15) is 32.7 Å². The number of alkyl halides is 3. The van der Waals surface area contributed by atoms with Gasteiger partial charge in [0.15, 0.2) is 5.82 Å². The summed E-state index contributed by atoms with van der Waals surface area (Å²) >= 11 is 12.6. The molecule has 63 heavy (non-hydrogen) atoms. The van der Waals surface area contributed by atoms with E-state index in [0.29, 0.717) is 51.0 Å². The largest absolute Gasteiger partial charge is 0.508 e. The molecule has 6 atom stereocenters. The number of carbonyl (C=O) groups is 4. The van der Waals surface area contributed by atoms with Crippen molar-refractivity contribution in [1.29, 1.82) is 0 Å². The molecule has 0 bridgehead atoms. The number of phenolic OH excluding ortho intramolecular Hbond substituents is 1. The molecule has 3 fully saturated rings. The summed E-state index contributed by atoms with van der Waals surface area (Å²) in [5.74, 6) is -7.58. The number of carbonyl (C=O) groups excluding carboxylic acids is 4. The summed E-state index contributed by atoms with van der Waals surface area (Å²) in [7, 11) is 3.87. The van der Waals surface area contributed by atoms with Crippen molar-refractivity contribution in [2.24, 2.45) is 33.9 Å². The summed E-state index contributed by atoms with van der Waals surface area (Å²) < 4.78 is 40.6. The summed E-state index contributed by atoms with van der Waals surface area (Å²) in [6.45, 7) is 0. The third kappa shape index (κ3) is 6.99. The van der Waals surface area contributed by atoms with Crippen molar-refractivity contribution < 1.29 is 37.5 Å². The Morgan fingerprint density at radius 3 is 2.13 bits per heavy atom. The first-order valence-corrected chi connectivity index (χ1v) is 20.6. The molecule has 4 amide bonds. The summed E-state index contributed by atoms with van der Waals surface area (Å²) in [6.07, 6.45) is -2.29. The van der Waals surface area contributed by atoms with Gasteiger partial charge in [-0.25, -0.2) is 4.98 Å². The van der Waals surface area contributed by atoms with Gasteiger partial charge in [0.2, 0.25) is 11.8 Å². The van der Waals surface area contributed by atoms with E-state index in [1.165, 1.54) is 12.1 Å². The fourth-order valence-corrected chi connectivity index (χ4v) is 10.1. The number of hydrogen-bond donors (Lipinski definition) is 2. The van der Waals surface area contributed by atoms with Gasteiger partial charge in [-0.3, -0.25) is 29.5 Å². The Balaban J connectivity index is 1.10. The maximum absolute atomic E-state index is 15.3. The predicted molar refractivity (Wildman–Crippen MR) is 229 cm³/mol. The van der Waals surface area contributed by atoms with Crippen LogP contribution in [0.5, 0.6) is 5.75 Å². The highest BCUT2D eigenvalue weighted by atomic mass is 35.5. The van der Waals surface area contributed by atoms with Crippen molar-refractivity contribution in [3.05, 3.63) is 148 Å². The van der Waals surface area contributed by atoms with Crippen molar-refractivity contribution in [2.75, 3.05) is 29.3 Å². The molecule has 5 aromatic rings. The van der Waals surface area contributed by atoms with Gasteiger partial charge >= 0.3 is 6.18 Å². The lowest BCUT2D eigenvalue weighted by molar-refractivity contribution is -0.139. The number of hydrogen-bond acceptors (Lipinski definition) is 10. The number of nitrogens with one attached hydrogen (secondary N) is 1. The molecule has 3 heterocycles. The number of aromatic hydroxyl groups is 1. The van der Waals surface area contributed by atoms with Gasteiger partial charge in [-0.1, -0.05) is 59.1 Å². The number of allylic oxidation sites excluding steroid dienone is 2. The van der Waals surface area contributed by atoms with Crippen molar-refractivity contribution in [2.45, 2.75) is 30.4 Å². The molecule has 320 valence electrons. The first-order chi connectivity index (χ1) is 30.1. The zero-order chi connectivity index (χ0) is 44.5. The third-order valence-corrected chi connectivity index (χ3v) is 13.1. The Labute approximate surface area is 368 Å². The van der Waals surface area contributed by atoms with Crippen LogP contribution < -0.4 is 15.2 Å². The lowest BCUT2D eigenvalue weighted by Crippen LogP contribution is -2.53. The second kappa shape index (κ2) is 15.6. The van der Waals surface area contributed by atoms with Crippen LogP contribution in [0.3, 0.4) is 0 Å². The molecule has 2 aliphatic carbocycles. The Hall–Kier alpha value is -6.58. The summed E-state index contributed by atoms with van der Waals surface area (Å²) in [6, 6.07) is 27.4. The smallest absolute Gasteiger partial charge is 0.417 e. The first kappa shape index (κ1) is 41.8. The van der Waals surface area contributed by atoms with Crippen LogP contribution in [0.1, 0.15) is 35.4 Å². The second-order valence-electron chi connectivity index (χ2n) is 16.2. The SMILES string of the molecule is CN(C)c1ccc(N=Nc2ccc(N3C(=O)C4CC=C5C(CC6C(=O)N(Nc7ncc(C(F)(F)F)cc7Cl)C(=O)C6(c6ccc(Cl)cc6)C5c5cccc(O)c5)C4C3=O)cc2)cc1. The Morgan fingerprint density at radius 1 is 0.841 bits per heavy atom. The first-order valence-electron chi connectivity index (χ1n) is 19.9. The molecule has 1 saturated carbocycles. The predicted octanol–water partition coefficient (Wildman–Crippen LogP) is 9.78. The number of anilines is 3. The van der Waals surface area contributed by atoms with Crippen LogP contribution in [-0.2, 0) is 30.8 Å². The number of azo groups is 1. The maximum Gasteiger partial charge on any atom is 0.417 e. The van der Waals surface area contributed by atoms with Crippen molar-refractivity contribution in [1.82, 2.24) is 9.99 Å². The number of aromatic nitrogens is 1. The van der Waals surface area contributed by atoms with Gasteiger partial charge in [0.1, 0.15) is 5.75 Å². The van der Waals surface area contributed by atoms with Gasteiger partial charge in [-0.2, -0.15) is 28.4 Å². The van der Waals surface area contributed by atoms with Crippen LogP contribution in [0, 0.1) is 23.7 Å². The Kier molecular flexibility index (Phi) is 10.4. The molecule has 2 N–H and O–H groups in total. The number of pyridine rings is 1. The van der Waals surface area contributed by atoms with Crippen LogP contribution >= 0.6 is 23.2 Å². The fourth-order valence-electron chi connectivity index (χ4n) is 9.72. The number of halogens is 5. The average Bonchev–Trinajstić information content (AvgIpc) is 3.64. The number of nitrogens with zero attached hydrogens (tertiary/aromatic N) is 6. The number of phenols is 1. The number of benzene rings is 4. The van der Waals surface area contributed by atoms with Gasteiger partial charge < -0.3 is 10.0 Å². The molecule has 2 aliphatic heterocycles. The van der Waals surface area contributed by atoms with Crippen molar-refractivity contribution >= 4 is 75.4 Å². The van der Waals surface area contributed by atoms with Gasteiger partial charge in [0.25, 0.3) is 11.8 Å². The van der Waals surface area contributed by atoms with Crippen LogP contribution in [-0.4, -0.2) is 52.8 Å². The minimum Gasteiger partial charge on any atom is -0.508 e.